The molecule has 0 N–H and O–H groups in total. The molecule has 23 heavy (non-hydrogen) atoms. The molecule has 0 aliphatic carbocycles. The maximum Gasteiger partial charge on any atom is 0.233 e. The Morgan fingerprint density at radius 1 is 1.22 bits per heavy atom. The molecule has 5 heteroatoms. The van der Waals surface area contributed by atoms with Gasteiger partial charge in [-0.3, -0.25) is 9.36 Å². The lowest BCUT2D eigenvalue weighted by molar-refractivity contribution is -0.129. The van der Waals surface area contributed by atoms with Crippen LogP contribution in [0.15, 0.2) is 35.7 Å². The number of piperidine rings is 1. The van der Waals surface area contributed by atoms with Crippen LogP contribution in [0.5, 0.6) is 0 Å². The van der Waals surface area contributed by atoms with Gasteiger partial charge < -0.3 is 4.90 Å². The molecule has 3 rings (SSSR count). The molecular weight excluding hydrogens is 306 g/mol. The van der Waals surface area contributed by atoms with Gasteiger partial charge in [-0.1, -0.05) is 23.9 Å². The minimum absolute atomic E-state index is 0.227. The number of hydrogen-bond acceptors (Lipinski definition) is 3. The van der Waals surface area contributed by atoms with E-state index < -0.39 is 0 Å². The second-order valence-electron chi connectivity index (χ2n) is 6.03. The number of nitrogens with zero attached hydrogens (tertiary/aromatic N) is 3. The zero-order chi connectivity index (χ0) is 16.2. The molecule has 122 valence electrons. The summed E-state index contributed by atoms with van der Waals surface area (Å²) in [6.07, 6.45) is 7.28. The molecule has 1 aliphatic rings. The fourth-order valence-electron chi connectivity index (χ4n) is 2.94. The molecular formula is C18H23N3OS. The number of carbonyl (C=O) groups is 1. The fourth-order valence-corrected chi connectivity index (χ4v) is 3.81. The van der Waals surface area contributed by atoms with E-state index in [0.29, 0.717) is 5.75 Å². The van der Waals surface area contributed by atoms with Gasteiger partial charge in [0.1, 0.15) is 0 Å². The van der Waals surface area contributed by atoms with Crippen molar-refractivity contribution in [3.05, 3.63) is 41.7 Å². The Hall–Kier alpha value is -1.75. The number of thioether (sulfide) groups is 1. The standard InChI is InChI=1S/C18H23N3OS/c1-14-7-6-8-16(15(14)2)21-12-9-19-18(21)23-13-17(22)20-10-4-3-5-11-20/h6-9,12H,3-5,10-11,13H2,1-2H3. The lowest BCUT2D eigenvalue weighted by atomic mass is 10.1. The van der Waals surface area contributed by atoms with Crippen molar-refractivity contribution in [3.8, 4) is 5.69 Å². The van der Waals surface area contributed by atoms with E-state index in [2.05, 4.69) is 41.6 Å². The van der Waals surface area contributed by atoms with Gasteiger partial charge in [0.25, 0.3) is 0 Å². The molecule has 1 aromatic heterocycles. The molecule has 0 saturated carbocycles. The van der Waals surface area contributed by atoms with Crippen molar-refractivity contribution in [3.63, 3.8) is 0 Å². The van der Waals surface area contributed by atoms with Gasteiger partial charge in [0, 0.05) is 25.5 Å². The van der Waals surface area contributed by atoms with Crippen LogP contribution < -0.4 is 0 Å². The van der Waals surface area contributed by atoms with Crippen molar-refractivity contribution < 1.29 is 4.79 Å². The van der Waals surface area contributed by atoms with Crippen molar-refractivity contribution >= 4 is 17.7 Å². The smallest absolute Gasteiger partial charge is 0.233 e. The summed E-state index contributed by atoms with van der Waals surface area (Å²) >= 11 is 1.53. The van der Waals surface area contributed by atoms with Crippen LogP contribution in [0.2, 0.25) is 0 Å². The van der Waals surface area contributed by atoms with E-state index in [1.807, 2.05) is 11.1 Å². The first-order valence-corrected chi connectivity index (χ1v) is 9.16. The minimum Gasteiger partial charge on any atom is -0.342 e. The average Bonchev–Trinajstić information content (AvgIpc) is 3.04. The van der Waals surface area contributed by atoms with Crippen LogP contribution >= 0.6 is 11.8 Å². The van der Waals surface area contributed by atoms with Crippen LogP contribution in [0.4, 0.5) is 0 Å². The van der Waals surface area contributed by atoms with Crippen molar-refractivity contribution in [2.45, 2.75) is 38.3 Å². The highest BCUT2D eigenvalue weighted by atomic mass is 32.2. The zero-order valence-corrected chi connectivity index (χ0v) is 14.6. The summed E-state index contributed by atoms with van der Waals surface area (Å²) in [5, 5.41) is 0.879. The SMILES string of the molecule is Cc1cccc(-n2ccnc2SCC(=O)N2CCCCC2)c1C. The monoisotopic (exact) mass is 329 g/mol. The Balaban J connectivity index is 1.71. The molecule has 4 nitrogen and oxygen atoms in total. The molecule has 2 heterocycles. The highest BCUT2D eigenvalue weighted by molar-refractivity contribution is 7.99. The number of hydrogen-bond donors (Lipinski definition) is 0. The molecule has 0 bridgehead atoms. The average molecular weight is 329 g/mol. The summed E-state index contributed by atoms with van der Waals surface area (Å²) in [4.78, 5) is 18.8. The third-order valence-corrected chi connectivity index (χ3v) is 5.43. The summed E-state index contributed by atoms with van der Waals surface area (Å²) < 4.78 is 2.08. The number of amides is 1. The van der Waals surface area contributed by atoms with Gasteiger partial charge in [0.15, 0.2) is 5.16 Å². The second kappa shape index (κ2) is 7.21. The summed E-state index contributed by atoms with van der Waals surface area (Å²) in [6, 6.07) is 6.27. The number of benzene rings is 1. The third-order valence-electron chi connectivity index (χ3n) is 4.48. The molecule has 1 amide bonds. The first-order chi connectivity index (χ1) is 11.2. The topological polar surface area (TPSA) is 38.1 Å². The molecule has 0 atom stereocenters. The molecule has 0 radical (unpaired) electrons. The van der Waals surface area contributed by atoms with Crippen LogP contribution in [-0.4, -0.2) is 39.2 Å². The van der Waals surface area contributed by atoms with Crippen LogP contribution in [0, 0.1) is 13.8 Å². The lowest BCUT2D eigenvalue weighted by Crippen LogP contribution is -2.36. The number of carbonyl (C=O) groups excluding carboxylic acids is 1. The number of aryl methyl sites for hydroxylation is 1. The maximum atomic E-state index is 12.3. The first kappa shape index (κ1) is 16.1. The van der Waals surface area contributed by atoms with Crippen molar-refractivity contribution in [2.75, 3.05) is 18.8 Å². The van der Waals surface area contributed by atoms with Crippen LogP contribution in [-0.2, 0) is 4.79 Å². The fraction of sp³-hybridized carbons (Fsp3) is 0.444. The Bertz CT molecular complexity index is 689. The van der Waals surface area contributed by atoms with E-state index in [4.69, 9.17) is 0 Å². The van der Waals surface area contributed by atoms with Gasteiger partial charge >= 0.3 is 0 Å². The van der Waals surface area contributed by atoms with Gasteiger partial charge in [0.05, 0.1) is 11.4 Å². The molecule has 1 fully saturated rings. The summed E-state index contributed by atoms with van der Waals surface area (Å²) in [5.41, 5.74) is 3.64. The van der Waals surface area contributed by atoms with Crippen molar-refractivity contribution in [2.24, 2.45) is 0 Å². The van der Waals surface area contributed by atoms with E-state index in [1.165, 1.54) is 29.3 Å². The molecule has 1 aliphatic heterocycles. The van der Waals surface area contributed by atoms with Gasteiger partial charge in [-0.15, -0.1) is 0 Å². The Labute approximate surface area is 141 Å². The second-order valence-corrected chi connectivity index (χ2v) is 6.97. The quantitative estimate of drug-likeness (QED) is 0.805. The predicted molar refractivity (Wildman–Crippen MR) is 94.2 cm³/mol. The largest absolute Gasteiger partial charge is 0.342 e. The van der Waals surface area contributed by atoms with Gasteiger partial charge in [0.2, 0.25) is 5.91 Å². The molecule has 1 aromatic carbocycles. The molecule has 0 unspecified atom stereocenters. The molecule has 1 saturated heterocycles. The maximum absolute atomic E-state index is 12.3. The Morgan fingerprint density at radius 3 is 2.78 bits per heavy atom. The minimum atomic E-state index is 0.227. The van der Waals surface area contributed by atoms with Gasteiger partial charge in [-0.2, -0.15) is 0 Å². The Kier molecular flexibility index (Phi) is 5.06. The molecule has 0 spiro atoms. The normalized spacial score (nSPS) is 15.0. The van der Waals surface area contributed by atoms with Gasteiger partial charge in [-0.25, -0.2) is 4.98 Å². The van der Waals surface area contributed by atoms with E-state index >= 15 is 0 Å². The van der Waals surface area contributed by atoms with E-state index in [9.17, 15) is 4.79 Å². The third kappa shape index (κ3) is 3.61. The number of imidazole rings is 1. The molecule has 2 aromatic rings. The highest BCUT2D eigenvalue weighted by Crippen LogP contribution is 2.24. The number of likely N-dealkylation sites (tertiary alicyclic amines) is 1. The lowest BCUT2D eigenvalue weighted by Gasteiger charge is -2.26. The van der Waals surface area contributed by atoms with Crippen LogP contribution in [0.1, 0.15) is 30.4 Å². The van der Waals surface area contributed by atoms with E-state index in [-0.39, 0.29) is 5.91 Å². The summed E-state index contributed by atoms with van der Waals surface area (Å²) in [7, 11) is 0. The van der Waals surface area contributed by atoms with Crippen LogP contribution in [0.3, 0.4) is 0 Å². The van der Waals surface area contributed by atoms with E-state index in [1.54, 1.807) is 6.20 Å². The van der Waals surface area contributed by atoms with Crippen molar-refractivity contribution in [1.82, 2.24) is 14.5 Å². The number of aromatic nitrogens is 2. The zero-order valence-electron chi connectivity index (χ0n) is 13.8. The van der Waals surface area contributed by atoms with Crippen molar-refractivity contribution in [1.29, 1.82) is 0 Å². The highest BCUT2D eigenvalue weighted by Gasteiger charge is 2.18. The number of rotatable bonds is 4. The predicted octanol–water partition coefficient (Wildman–Crippen LogP) is 3.59. The van der Waals surface area contributed by atoms with E-state index in [0.717, 1.165) is 36.8 Å². The summed E-state index contributed by atoms with van der Waals surface area (Å²) in [5.74, 6) is 0.687. The van der Waals surface area contributed by atoms with Gasteiger partial charge in [-0.05, 0) is 50.3 Å². The summed E-state index contributed by atoms with van der Waals surface area (Å²) in [6.45, 7) is 6.05. The van der Waals surface area contributed by atoms with Crippen LogP contribution in [0.25, 0.3) is 5.69 Å². The first-order valence-electron chi connectivity index (χ1n) is 8.17. The Morgan fingerprint density at radius 2 is 2.00 bits per heavy atom.